The summed E-state index contributed by atoms with van der Waals surface area (Å²) >= 11 is 0. The van der Waals surface area contributed by atoms with Crippen molar-refractivity contribution < 1.29 is 10.2 Å². The lowest BCUT2D eigenvalue weighted by molar-refractivity contribution is 0.241. The predicted octanol–water partition coefficient (Wildman–Crippen LogP) is 4.62. The SMILES string of the molecule is BCC=CCC=C(C)C1=C(O)C=CC(=CCCCc2ccccc2)C1O. The van der Waals surface area contributed by atoms with Gasteiger partial charge in [-0.25, -0.2) is 0 Å². The molecule has 136 valence electrons. The lowest BCUT2D eigenvalue weighted by atomic mass is 9.89. The molecule has 0 saturated heterocycles. The molecule has 1 aliphatic rings. The van der Waals surface area contributed by atoms with Gasteiger partial charge in [-0.2, -0.15) is 0 Å². The fourth-order valence-corrected chi connectivity index (χ4v) is 3.10. The molecule has 2 nitrogen and oxygen atoms in total. The van der Waals surface area contributed by atoms with Gasteiger partial charge in [-0.15, -0.1) is 0 Å². The van der Waals surface area contributed by atoms with E-state index in [1.54, 1.807) is 6.08 Å². The summed E-state index contributed by atoms with van der Waals surface area (Å²) in [6.45, 7) is 1.95. The van der Waals surface area contributed by atoms with Crippen molar-refractivity contribution in [3.63, 3.8) is 0 Å². The zero-order valence-corrected chi connectivity index (χ0v) is 15.9. The summed E-state index contributed by atoms with van der Waals surface area (Å²) in [7, 11) is 2.10. The summed E-state index contributed by atoms with van der Waals surface area (Å²) in [5.41, 5.74) is 3.74. The van der Waals surface area contributed by atoms with Gasteiger partial charge in [0.05, 0.1) is 0 Å². The molecule has 0 bridgehead atoms. The predicted molar refractivity (Wildman–Crippen MR) is 113 cm³/mol. The van der Waals surface area contributed by atoms with Crippen molar-refractivity contribution >= 4 is 7.85 Å². The number of rotatable bonds is 8. The highest BCUT2D eigenvalue weighted by molar-refractivity contribution is 6.09. The molecule has 3 heteroatoms. The Morgan fingerprint density at radius 1 is 1.15 bits per heavy atom. The molecule has 1 atom stereocenters. The van der Waals surface area contributed by atoms with Crippen LogP contribution in [-0.4, -0.2) is 24.2 Å². The molecule has 1 aliphatic carbocycles. The van der Waals surface area contributed by atoms with E-state index in [0.717, 1.165) is 43.1 Å². The Kier molecular flexibility index (Phi) is 8.23. The molecular formula is C23H29BO2. The standard InChI is InChI=1S/C23H29BO2/c1-18(10-4-3-9-17-24)22-21(25)16-15-20(23(22)26)14-8-7-13-19-11-5-2-6-12-19/h2-3,5-6,9-12,14-16,23,25-26H,4,7-8,13,17,24H2,1H3. The Morgan fingerprint density at radius 2 is 1.92 bits per heavy atom. The van der Waals surface area contributed by atoms with Crippen LogP contribution >= 0.6 is 0 Å². The van der Waals surface area contributed by atoms with E-state index < -0.39 is 6.10 Å². The number of benzene rings is 1. The van der Waals surface area contributed by atoms with Gasteiger partial charge in [-0.1, -0.05) is 67.0 Å². The molecular weight excluding hydrogens is 319 g/mol. The van der Waals surface area contributed by atoms with Crippen LogP contribution < -0.4 is 0 Å². The van der Waals surface area contributed by atoms with Crippen LogP contribution in [0.2, 0.25) is 6.32 Å². The highest BCUT2D eigenvalue weighted by Crippen LogP contribution is 2.29. The first-order valence-electron chi connectivity index (χ1n) is 9.48. The quantitative estimate of drug-likeness (QED) is 0.409. The first-order valence-corrected chi connectivity index (χ1v) is 9.48. The number of hydrogen-bond acceptors (Lipinski definition) is 2. The maximum atomic E-state index is 10.7. The number of aliphatic hydroxyl groups excluding tert-OH is 2. The second kappa shape index (κ2) is 10.7. The fourth-order valence-electron chi connectivity index (χ4n) is 3.10. The normalized spacial score (nSPS) is 19.7. The topological polar surface area (TPSA) is 40.5 Å². The third-order valence-corrected chi connectivity index (χ3v) is 4.58. The van der Waals surface area contributed by atoms with E-state index in [9.17, 15) is 10.2 Å². The van der Waals surface area contributed by atoms with Crippen LogP contribution in [0.25, 0.3) is 0 Å². The van der Waals surface area contributed by atoms with E-state index in [-0.39, 0.29) is 5.76 Å². The summed E-state index contributed by atoms with van der Waals surface area (Å²) in [6, 6.07) is 10.4. The third kappa shape index (κ3) is 5.92. The highest BCUT2D eigenvalue weighted by Gasteiger charge is 2.22. The van der Waals surface area contributed by atoms with E-state index in [2.05, 4.69) is 50.3 Å². The third-order valence-electron chi connectivity index (χ3n) is 4.58. The minimum atomic E-state index is -0.761. The maximum Gasteiger partial charge on any atom is 0.121 e. The average molecular weight is 348 g/mol. The van der Waals surface area contributed by atoms with Crippen LogP contribution in [0.1, 0.15) is 31.7 Å². The van der Waals surface area contributed by atoms with E-state index in [0.29, 0.717) is 5.57 Å². The van der Waals surface area contributed by atoms with Crippen LogP contribution in [-0.2, 0) is 6.42 Å². The van der Waals surface area contributed by atoms with Crippen LogP contribution in [0.15, 0.2) is 89.3 Å². The van der Waals surface area contributed by atoms with E-state index in [1.165, 1.54) is 5.56 Å². The second-order valence-electron chi connectivity index (χ2n) is 6.62. The minimum absolute atomic E-state index is 0.159. The van der Waals surface area contributed by atoms with Crippen molar-refractivity contribution in [1.82, 2.24) is 0 Å². The van der Waals surface area contributed by atoms with Crippen LogP contribution in [0.5, 0.6) is 0 Å². The number of aryl methyl sites for hydroxylation is 1. The molecule has 0 heterocycles. The van der Waals surface area contributed by atoms with Gasteiger partial charge in [0.1, 0.15) is 19.7 Å². The summed E-state index contributed by atoms with van der Waals surface area (Å²) in [5.74, 6) is 0.159. The van der Waals surface area contributed by atoms with Crippen molar-refractivity contribution in [2.45, 2.75) is 45.0 Å². The van der Waals surface area contributed by atoms with E-state index in [1.807, 2.05) is 25.1 Å². The molecule has 0 fully saturated rings. The Balaban J connectivity index is 1.97. The highest BCUT2D eigenvalue weighted by atomic mass is 16.3. The van der Waals surface area contributed by atoms with Crippen molar-refractivity contribution in [3.8, 4) is 0 Å². The Morgan fingerprint density at radius 3 is 2.65 bits per heavy atom. The van der Waals surface area contributed by atoms with Crippen LogP contribution in [0, 0.1) is 0 Å². The first kappa shape index (κ1) is 20.1. The summed E-state index contributed by atoms with van der Waals surface area (Å²) in [5, 5.41) is 20.9. The molecule has 1 aromatic rings. The van der Waals surface area contributed by atoms with Gasteiger partial charge in [-0.05, 0) is 55.4 Å². The van der Waals surface area contributed by atoms with Gasteiger partial charge in [0.25, 0.3) is 0 Å². The van der Waals surface area contributed by atoms with Gasteiger partial charge in [0, 0.05) is 5.57 Å². The molecule has 2 rings (SSSR count). The van der Waals surface area contributed by atoms with Crippen LogP contribution in [0.4, 0.5) is 0 Å². The Bertz CT molecular complexity index is 724. The summed E-state index contributed by atoms with van der Waals surface area (Å²) < 4.78 is 0. The van der Waals surface area contributed by atoms with E-state index >= 15 is 0 Å². The molecule has 0 amide bonds. The lowest BCUT2D eigenvalue weighted by Crippen LogP contribution is -2.18. The Hall–Kier alpha value is -2.26. The average Bonchev–Trinajstić information content (AvgIpc) is 2.65. The van der Waals surface area contributed by atoms with Crippen LogP contribution in [0.3, 0.4) is 0 Å². The van der Waals surface area contributed by atoms with Crippen molar-refractivity contribution in [2.24, 2.45) is 0 Å². The number of unbranched alkanes of at least 4 members (excludes halogenated alkanes) is 1. The largest absolute Gasteiger partial charge is 0.508 e. The Labute approximate surface area is 158 Å². The monoisotopic (exact) mass is 348 g/mol. The molecule has 0 saturated carbocycles. The zero-order valence-electron chi connectivity index (χ0n) is 15.9. The van der Waals surface area contributed by atoms with Gasteiger partial charge in [0.2, 0.25) is 0 Å². The van der Waals surface area contributed by atoms with Crippen molar-refractivity contribution in [2.75, 3.05) is 0 Å². The molecule has 26 heavy (non-hydrogen) atoms. The van der Waals surface area contributed by atoms with Gasteiger partial charge in [0.15, 0.2) is 0 Å². The molecule has 0 spiro atoms. The second-order valence-corrected chi connectivity index (χ2v) is 6.62. The molecule has 1 unspecified atom stereocenters. The molecule has 0 radical (unpaired) electrons. The summed E-state index contributed by atoms with van der Waals surface area (Å²) in [4.78, 5) is 0. The minimum Gasteiger partial charge on any atom is -0.508 e. The molecule has 0 aromatic heterocycles. The molecule has 1 aromatic carbocycles. The van der Waals surface area contributed by atoms with E-state index in [4.69, 9.17) is 0 Å². The van der Waals surface area contributed by atoms with Gasteiger partial charge in [-0.3, -0.25) is 0 Å². The van der Waals surface area contributed by atoms with Crippen molar-refractivity contribution in [1.29, 1.82) is 0 Å². The zero-order chi connectivity index (χ0) is 18.8. The van der Waals surface area contributed by atoms with Crippen molar-refractivity contribution in [3.05, 3.63) is 94.8 Å². The number of hydrogen-bond donors (Lipinski definition) is 2. The van der Waals surface area contributed by atoms with Gasteiger partial charge < -0.3 is 10.2 Å². The fraction of sp³-hybridized carbons (Fsp3) is 0.304. The van der Waals surface area contributed by atoms with Gasteiger partial charge >= 0.3 is 0 Å². The number of allylic oxidation sites excluding steroid dienone is 5. The first-order chi connectivity index (χ1) is 12.6. The maximum absolute atomic E-state index is 10.7. The molecule has 2 N–H and O–H groups in total. The number of aliphatic hydroxyl groups is 2. The lowest BCUT2D eigenvalue weighted by Gasteiger charge is -2.22. The summed E-state index contributed by atoms with van der Waals surface area (Å²) in [6.07, 6.45) is 15.9. The molecule has 0 aliphatic heterocycles. The smallest absolute Gasteiger partial charge is 0.121 e.